The Morgan fingerprint density at radius 2 is 2.14 bits per heavy atom. The van der Waals surface area contributed by atoms with Crippen LogP contribution in [-0.4, -0.2) is 28.0 Å². The van der Waals surface area contributed by atoms with Crippen LogP contribution < -0.4 is 5.32 Å². The molecule has 1 aromatic heterocycles. The molecule has 2 aromatic rings. The standard InChI is InChI=1S/C15H15FN2O3S/c1-9(6-7-13(19)20)18-14(21)12-8-17-15(22-12)10-4-2-3-5-11(10)16/h2-5,8-9H,6-7H2,1H3,(H,18,21)(H,19,20). The molecule has 0 bridgehead atoms. The maximum atomic E-state index is 13.7. The average Bonchev–Trinajstić information content (AvgIpc) is 2.95. The highest BCUT2D eigenvalue weighted by Gasteiger charge is 2.16. The van der Waals surface area contributed by atoms with E-state index in [0.717, 1.165) is 11.3 Å². The zero-order valence-electron chi connectivity index (χ0n) is 11.9. The molecule has 0 radical (unpaired) electrons. The Morgan fingerprint density at radius 1 is 1.41 bits per heavy atom. The van der Waals surface area contributed by atoms with E-state index in [-0.39, 0.29) is 18.4 Å². The molecule has 116 valence electrons. The number of carboxylic acid groups (broad SMARTS) is 1. The summed E-state index contributed by atoms with van der Waals surface area (Å²) in [4.78, 5) is 27.0. The highest BCUT2D eigenvalue weighted by Crippen LogP contribution is 2.27. The molecule has 0 aliphatic carbocycles. The highest BCUT2D eigenvalue weighted by molar-refractivity contribution is 7.16. The maximum absolute atomic E-state index is 13.7. The molecule has 2 rings (SSSR count). The summed E-state index contributed by atoms with van der Waals surface area (Å²) in [6, 6.07) is 5.97. The monoisotopic (exact) mass is 322 g/mol. The fourth-order valence-electron chi connectivity index (χ4n) is 1.85. The van der Waals surface area contributed by atoms with Crippen LogP contribution in [0.1, 0.15) is 29.4 Å². The van der Waals surface area contributed by atoms with Crippen molar-refractivity contribution in [2.24, 2.45) is 0 Å². The number of nitrogens with zero attached hydrogens (tertiary/aromatic N) is 1. The lowest BCUT2D eigenvalue weighted by Gasteiger charge is -2.11. The Bertz CT molecular complexity index is 687. The third kappa shape index (κ3) is 4.11. The number of hydrogen-bond donors (Lipinski definition) is 2. The van der Waals surface area contributed by atoms with Gasteiger partial charge in [-0.05, 0) is 25.5 Å². The Kier molecular flexibility index (Phi) is 5.21. The number of nitrogens with one attached hydrogen (secondary N) is 1. The van der Waals surface area contributed by atoms with Gasteiger partial charge >= 0.3 is 5.97 Å². The summed E-state index contributed by atoms with van der Waals surface area (Å²) < 4.78 is 13.7. The van der Waals surface area contributed by atoms with E-state index in [9.17, 15) is 14.0 Å². The Morgan fingerprint density at radius 3 is 2.82 bits per heavy atom. The first-order valence-corrected chi connectivity index (χ1v) is 7.52. The first-order valence-electron chi connectivity index (χ1n) is 6.70. The minimum atomic E-state index is -0.902. The number of amides is 1. The molecule has 7 heteroatoms. The number of benzene rings is 1. The maximum Gasteiger partial charge on any atom is 0.303 e. The number of halogens is 1. The molecule has 22 heavy (non-hydrogen) atoms. The highest BCUT2D eigenvalue weighted by atomic mass is 32.1. The van der Waals surface area contributed by atoms with Gasteiger partial charge in [0.05, 0.1) is 6.20 Å². The molecular weight excluding hydrogens is 307 g/mol. The molecule has 0 saturated heterocycles. The largest absolute Gasteiger partial charge is 0.481 e. The number of carboxylic acids is 1. The lowest BCUT2D eigenvalue weighted by molar-refractivity contribution is -0.137. The van der Waals surface area contributed by atoms with Crippen LogP contribution in [0, 0.1) is 5.82 Å². The predicted octanol–water partition coefficient (Wildman–Crippen LogP) is 2.93. The van der Waals surface area contributed by atoms with Crippen molar-refractivity contribution in [3.63, 3.8) is 0 Å². The van der Waals surface area contributed by atoms with Crippen molar-refractivity contribution in [1.82, 2.24) is 10.3 Å². The van der Waals surface area contributed by atoms with Crippen molar-refractivity contribution in [2.75, 3.05) is 0 Å². The zero-order valence-corrected chi connectivity index (χ0v) is 12.7. The minimum absolute atomic E-state index is 0.00931. The minimum Gasteiger partial charge on any atom is -0.481 e. The van der Waals surface area contributed by atoms with Crippen molar-refractivity contribution in [2.45, 2.75) is 25.8 Å². The smallest absolute Gasteiger partial charge is 0.303 e. The number of carbonyl (C=O) groups excluding carboxylic acids is 1. The normalized spacial score (nSPS) is 11.9. The van der Waals surface area contributed by atoms with E-state index in [0.29, 0.717) is 21.9 Å². The second-order valence-electron chi connectivity index (χ2n) is 4.82. The predicted molar refractivity (Wildman–Crippen MR) is 81.3 cm³/mol. The van der Waals surface area contributed by atoms with Crippen LogP contribution in [0.3, 0.4) is 0 Å². The quantitative estimate of drug-likeness (QED) is 0.857. The topological polar surface area (TPSA) is 79.3 Å². The van der Waals surface area contributed by atoms with Crippen LogP contribution >= 0.6 is 11.3 Å². The van der Waals surface area contributed by atoms with E-state index in [2.05, 4.69) is 10.3 Å². The third-order valence-electron chi connectivity index (χ3n) is 3.00. The van der Waals surface area contributed by atoms with Crippen LogP contribution in [-0.2, 0) is 4.79 Å². The van der Waals surface area contributed by atoms with Crippen molar-refractivity contribution in [1.29, 1.82) is 0 Å². The summed E-state index contributed by atoms with van der Waals surface area (Å²) in [7, 11) is 0. The molecule has 0 aliphatic rings. The summed E-state index contributed by atoms with van der Waals surface area (Å²) >= 11 is 1.10. The first-order chi connectivity index (χ1) is 10.5. The number of rotatable bonds is 6. The molecule has 0 saturated carbocycles. The second-order valence-corrected chi connectivity index (χ2v) is 5.85. The fourth-order valence-corrected chi connectivity index (χ4v) is 2.69. The fraction of sp³-hybridized carbons (Fsp3) is 0.267. The van der Waals surface area contributed by atoms with Gasteiger partial charge in [0, 0.05) is 18.0 Å². The van der Waals surface area contributed by atoms with E-state index in [1.807, 2.05) is 0 Å². The molecule has 1 aromatic carbocycles. The number of hydrogen-bond acceptors (Lipinski definition) is 4. The second kappa shape index (κ2) is 7.13. The summed E-state index contributed by atoms with van der Waals surface area (Å²) in [6.07, 6.45) is 1.73. The molecule has 1 unspecified atom stereocenters. The van der Waals surface area contributed by atoms with E-state index < -0.39 is 11.8 Å². The van der Waals surface area contributed by atoms with Gasteiger partial charge in [0.15, 0.2) is 0 Å². The first kappa shape index (κ1) is 16.1. The molecule has 0 spiro atoms. The average molecular weight is 322 g/mol. The summed E-state index contributed by atoms with van der Waals surface area (Å²) in [6.45, 7) is 1.74. The Hall–Kier alpha value is -2.28. The van der Waals surface area contributed by atoms with E-state index >= 15 is 0 Å². The van der Waals surface area contributed by atoms with Gasteiger partial charge < -0.3 is 10.4 Å². The molecule has 5 nitrogen and oxygen atoms in total. The van der Waals surface area contributed by atoms with E-state index in [1.165, 1.54) is 12.3 Å². The lowest BCUT2D eigenvalue weighted by Crippen LogP contribution is -2.32. The number of carbonyl (C=O) groups is 2. The van der Waals surface area contributed by atoms with Crippen LogP contribution in [0.4, 0.5) is 4.39 Å². The van der Waals surface area contributed by atoms with Crippen molar-refractivity contribution < 1.29 is 19.1 Å². The Balaban J connectivity index is 2.03. The number of aliphatic carboxylic acids is 1. The summed E-state index contributed by atoms with van der Waals surface area (Å²) in [5.74, 6) is -1.63. The molecule has 0 aliphatic heterocycles. The lowest BCUT2D eigenvalue weighted by atomic mass is 10.2. The molecule has 1 heterocycles. The molecule has 1 atom stereocenters. The van der Waals surface area contributed by atoms with Crippen molar-refractivity contribution in [3.05, 3.63) is 41.2 Å². The van der Waals surface area contributed by atoms with Gasteiger partial charge in [0.2, 0.25) is 0 Å². The van der Waals surface area contributed by atoms with Crippen LogP contribution in [0.25, 0.3) is 10.6 Å². The van der Waals surface area contributed by atoms with E-state index in [4.69, 9.17) is 5.11 Å². The van der Waals surface area contributed by atoms with Gasteiger partial charge in [0.1, 0.15) is 15.7 Å². The van der Waals surface area contributed by atoms with Gasteiger partial charge in [-0.25, -0.2) is 9.37 Å². The van der Waals surface area contributed by atoms with Crippen LogP contribution in [0.15, 0.2) is 30.5 Å². The summed E-state index contributed by atoms with van der Waals surface area (Å²) in [5.41, 5.74) is 0.352. The van der Waals surface area contributed by atoms with Gasteiger partial charge in [-0.1, -0.05) is 12.1 Å². The molecule has 2 N–H and O–H groups in total. The van der Waals surface area contributed by atoms with Crippen molar-refractivity contribution >= 4 is 23.2 Å². The van der Waals surface area contributed by atoms with Crippen LogP contribution in [0.5, 0.6) is 0 Å². The molecule has 1 amide bonds. The third-order valence-corrected chi connectivity index (χ3v) is 4.03. The zero-order chi connectivity index (χ0) is 16.1. The van der Waals surface area contributed by atoms with Crippen molar-refractivity contribution in [3.8, 4) is 10.6 Å². The molecular formula is C15H15FN2O3S. The number of aromatic nitrogens is 1. The van der Waals surface area contributed by atoms with E-state index in [1.54, 1.807) is 25.1 Å². The summed E-state index contributed by atoms with van der Waals surface area (Å²) in [5, 5.41) is 11.7. The number of thiazole rings is 1. The SMILES string of the molecule is CC(CCC(=O)O)NC(=O)c1cnc(-c2ccccc2F)s1. The Labute approximate surface area is 130 Å². The molecule has 0 fully saturated rings. The van der Waals surface area contributed by atoms with Gasteiger partial charge in [0.25, 0.3) is 5.91 Å². The van der Waals surface area contributed by atoms with Gasteiger partial charge in [-0.15, -0.1) is 11.3 Å². The van der Waals surface area contributed by atoms with Gasteiger partial charge in [-0.2, -0.15) is 0 Å². The van der Waals surface area contributed by atoms with Gasteiger partial charge in [-0.3, -0.25) is 9.59 Å². The van der Waals surface area contributed by atoms with Crippen LogP contribution in [0.2, 0.25) is 0 Å².